The summed E-state index contributed by atoms with van der Waals surface area (Å²) in [5, 5.41) is 10.7. The molecular formula is C13H12N4O3S. The van der Waals surface area contributed by atoms with Gasteiger partial charge in [0.15, 0.2) is 20.9 Å². The van der Waals surface area contributed by atoms with Crippen LogP contribution < -0.4 is 11.1 Å². The Morgan fingerprint density at radius 1 is 1.05 bits per heavy atom. The number of benzene rings is 2. The van der Waals surface area contributed by atoms with Gasteiger partial charge in [0, 0.05) is 11.9 Å². The second-order valence-corrected chi connectivity index (χ2v) is 6.60. The number of nitrogens with two attached hydrogens (primary N) is 1. The molecule has 0 spiro atoms. The van der Waals surface area contributed by atoms with Crippen molar-refractivity contribution in [1.29, 1.82) is 0 Å². The fourth-order valence-corrected chi connectivity index (χ4v) is 2.56. The maximum Gasteiger partial charge on any atom is 0.175 e. The number of nitrogens with one attached hydrogen (secondary N) is 1. The van der Waals surface area contributed by atoms with Gasteiger partial charge in [-0.05, 0) is 46.7 Å². The normalized spacial score (nSPS) is 11.7. The predicted octanol–water partition coefficient (Wildman–Crippen LogP) is 1.95. The van der Waals surface area contributed by atoms with Crippen molar-refractivity contribution in [3.8, 4) is 0 Å². The van der Waals surface area contributed by atoms with Crippen LogP contribution in [0.15, 0.2) is 45.9 Å². The molecular weight excluding hydrogens is 292 g/mol. The summed E-state index contributed by atoms with van der Waals surface area (Å²) in [6, 6.07) is 9.87. The molecule has 2 aromatic carbocycles. The largest absolute Gasteiger partial charge is 0.397 e. The molecule has 0 aliphatic carbocycles. The number of aromatic nitrogens is 2. The molecule has 1 aromatic heterocycles. The molecule has 3 rings (SSSR count). The Balaban J connectivity index is 1.96. The van der Waals surface area contributed by atoms with Crippen LogP contribution in [0.1, 0.15) is 0 Å². The van der Waals surface area contributed by atoms with Gasteiger partial charge in [-0.2, -0.15) is 0 Å². The highest BCUT2D eigenvalue weighted by atomic mass is 32.2. The standard InChI is InChI=1S/C13H12N4O3S/c1-21(18,19)9-4-2-8(3-5-9)15-11-7-6-10(14)12-13(11)17-20-16-12/h2-7,15H,14H2,1H3. The first-order valence-corrected chi connectivity index (χ1v) is 7.92. The van der Waals surface area contributed by atoms with E-state index in [-0.39, 0.29) is 4.90 Å². The highest BCUT2D eigenvalue weighted by Crippen LogP contribution is 2.28. The van der Waals surface area contributed by atoms with Crippen LogP contribution in [0.25, 0.3) is 11.0 Å². The topological polar surface area (TPSA) is 111 Å². The van der Waals surface area contributed by atoms with Gasteiger partial charge in [-0.3, -0.25) is 0 Å². The third-order valence-corrected chi connectivity index (χ3v) is 4.14. The average molecular weight is 304 g/mol. The first kappa shape index (κ1) is 13.4. The number of nitrogens with zero attached hydrogens (tertiary/aromatic N) is 2. The van der Waals surface area contributed by atoms with Crippen molar-refractivity contribution in [3.05, 3.63) is 36.4 Å². The average Bonchev–Trinajstić information content (AvgIpc) is 2.92. The van der Waals surface area contributed by atoms with Crippen LogP contribution in [0.2, 0.25) is 0 Å². The lowest BCUT2D eigenvalue weighted by Crippen LogP contribution is -1.98. The molecule has 0 amide bonds. The van der Waals surface area contributed by atoms with E-state index in [1.165, 1.54) is 18.4 Å². The molecule has 0 bridgehead atoms. The SMILES string of the molecule is CS(=O)(=O)c1ccc(Nc2ccc(N)c3nonc23)cc1. The number of sulfone groups is 1. The Hall–Kier alpha value is -2.61. The van der Waals surface area contributed by atoms with Crippen LogP contribution in [0.3, 0.4) is 0 Å². The summed E-state index contributed by atoms with van der Waals surface area (Å²) in [4.78, 5) is 0.263. The minimum absolute atomic E-state index is 0.263. The van der Waals surface area contributed by atoms with E-state index >= 15 is 0 Å². The van der Waals surface area contributed by atoms with Gasteiger partial charge in [-0.1, -0.05) is 0 Å². The Morgan fingerprint density at radius 2 is 1.71 bits per heavy atom. The van der Waals surface area contributed by atoms with Gasteiger partial charge in [0.2, 0.25) is 0 Å². The van der Waals surface area contributed by atoms with Crippen molar-refractivity contribution in [1.82, 2.24) is 10.3 Å². The first-order valence-electron chi connectivity index (χ1n) is 6.03. The second kappa shape index (κ2) is 4.74. The third kappa shape index (κ3) is 2.52. The fraction of sp³-hybridized carbons (Fsp3) is 0.0769. The predicted molar refractivity (Wildman–Crippen MR) is 79.1 cm³/mol. The summed E-state index contributed by atoms with van der Waals surface area (Å²) >= 11 is 0. The summed E-state index contributed by atoms with van der Waals surface area (Å²) in [5.74, 6) is 0. The zero-order chi connectivity index (χ0) is 15.0. The molecule has 0 aliphatic rings. The van der Waals surface area contributed by atoms with E-state index in [9.17, 15) is 8.42 Å². The van der Waals surface area contributed by atoms with Crippen LogP contribution in [0, 0.1) is 0 Å². The Kier molecular flexibility index (Phi) is 3.02. The van der Waals surface area contributed by atoms with Crippen molar-refractivity contribution in [2.45, 2.75) is 4.90 Å². The lowest BCUT2D eigenvalue weighted by atomic mass is 10.2. The van der Waals surface area contributed by atoms with E-state index in [0.29, 0.717) is 22.4 Å². The monoisotopic (exact) mass is 304 g/mol. The molecule has 21 heavy (non-hydrogen) atoms. The van der Waals surface area contributed by atoms with Crippen molar-refractivity contribution in [2.75, 3.05) is 17.3 Å². The van der Waals surface area contributed by atoms with Crippen molar-refractivity contribution >= 4 is 37.9 Å². The van der Waals surface area contributed by atoms with Crippen LogP contribution in [-0.4, -0.2) is 25.0 Å². The maximum atomic E-state index is 11.4. The van der Waals surface area contributed by atoms with E-state index in [1.54, 1.807) is 24.3 Å². The van der Waals surface area contributed by atoms with Crippen molar-refractivity contribution in [2.24, 2.45) is 0 Å². The molecule has 0 fully saturated rings. The Labute approximate surface area is 120 Å². The number of hydrogen-bond acceptors (Lipinski definition) is 7. The molecule has 108 valence electrons. The lowest BCUT2D eigenvalue weighted by Gasteiger charge is -2.07. The second-order valence-electron chi connectivity index (χ2n) is 4.59. The first-order chi connectivity index (χ1) is 9.95. The van der Waals surface area contributed by atoms with Crippen molar-refractivity contribution < 1.29 is 13.0 Å². The van der Waals surface area contributed by atoms with Crippen LogP contribution in [0.4, 0.5) is 17.1 Å². The number of fused-ring (bicyclic) bond motifs is 1. The van der Waals surface area contributed by atoms with Gasteiger partial charge in [-0.25, -0.2) is 13.0 Å². The molecule has 0 atom stereocenters. The zero-order valence-electron chi connectivity index (χ0n) is 11.1. The zero-order valence-corrected chi connectivity index (χ0v) is 11.9. The van der Waals surface area contributed by atoms with Gasteiger partial charge in [0.1, 0.15) is 0 Å². The number of rotatable bonds is 3. The molecule has 7 nitrogen and oxygen atoms in total. The number of nitrogen functional groups attached to an aromatic ring is 1. The molecule has 0 aliphatic heterocycles. The Bertz CT molecular complexity index is 901. The highest BCUT2D eigenvalue weighted by molar-refractivity contribution is 7.90. The minimum atomic E-state index is -3.21. The molecule has 1 heterocycles. The fourth-order valence-electron chi connectivity index (χ4n) is 1.93. The summed E-state index contributed by atoms with van der Waals surface area (Å²) in [6.07, 6.45) is 1.17. The molecule has 0 saturated heterocycles. The number of anilines is 3. The minimum Gasteiger partial charge on any atom is -0.397 e. The van der Waals surface area contributed by atoms with E-state index in [0.717, 1.165) is 5.69 Å². The van der Waals surface area contributed by atoms with Gasteiger partial charge in [0.05, 0.1) is 16.3 Å². The molecule has 0 unspecified atom stereocenters. The van der Waals surface area contributed by atoms with Crippen LogP contribution in [-0.2, 0) is 9.84 Å². The summed E-state index contributed by atoms with van der Waals surface area (Å²) in [5.41, 5.74) is 8.64. The molecule has 8 heteroatoms. The van der Waals surface area contributed by atoms with Gasteiger partial charge < -0.3 is 11.1 Å². The number of hydrogen-bond donors (Lipinski definition) is 2. The van der Waals surface area contributed by atoms with Crippen LogP contribution in [0.5, 0.6) is 0 Å². The summed E-state index contributed by atoms with van der Waals surface area (Å²) in [6.45, 7) is 0. The summed E-state index contributed by atoms with van der Waals surface area (Å²) in [7, 11) is -3.21. The molecule has 0 radical (unpaired) electrons. The van der Waals surface area contributed by atoms with E-state index < -0.39 is 9.84 Å². The van der Waals surface area contributed by atoms with Crippen LogP contribution >= 0.6 is 0 Å². The lowest BCUT2D eigenvalue weighted by molar-refractivity contribution is 0.316. The van der Waals surface area contributed by atoms with E-state index in [4.69, 9.17) is 5.73 Å². The molecule has 0 saturated carbocycles. The van der Waals surface area contributed by atoms with Gasteiger partial charge >= 0.3 is 0 Å². The highest BCUT2D eigenvalue weighted by Gasteiger charge is 2.11. The van der Waals surface area contributed by atoms with E-state index in [1.807, 2.05) is 0 Å². The summed E-state index contributed by atoms with van der Waals surface area (Å²) < 4.78 is 27.5. The quantitative estimate of drug-likeness (QED) is 0.711. The Morgan fingerprint density at radius 3 is 2.38 bits per heavy atom. The van der Waals surface area contributed by atoms with E-state index in [2.05, 4.69) is 20.3 Å². The smallest absolute Gasteiger partial charge is 0.175 e. The van der Waals surface area contributed by atoms with Gasteiger partial charge in [-0.15, -0.1) is 0 Å². The third-order valence-electron chi connectivity index (χ3n) is 3.01. The maximum absolute atomic E-state index is 11.4. The molecule has 3 N–H and O–H groups in total. The molecule has 3 aromatic rings. The van der Waals surface area contributed by atoms with Crippen molar-refractivity contribution in [3.63, 3.8) is 0 Å². The van der Waals surface area contributed by atoms with Gasteiger partial charge in [0.25, 0.3) is 0 Å².